The highest BCUT2D eigenvalue weighted by molar-refractivity contribution is 5.17. The first-order valence-corrected chi connectivity index (χ1v) is 5.21. The van der Waals surface area contributed by atoms with Gasteiger partial charge in [-0.15, -0.1) is 0 Å². The summed E-state index contributed by atoms with van der Waals surface area (Å²) in [5.41, 5.74) is -0.719. The van der Waals surface area contributed by atoms with Crippen LogP contribution in [0.5, 0.6) is 0 Å². The van der Waals surface area contributed by atoms with E-state index in [1.807, 2.05) is 0 Å². The van der Waals surface area contributed by atoms with Gasteiger partial charge in [0.1, 0.15) is 0 Å². The van der Waals surface area contributed by atoms with Crippen LogP contribution in [0.3, 0.4) is 0 Å². The number of rotatable bonds is 1. The van der Waals surface area contributed by atoms with Crippen molar-refractivity contribution >= 4 is 0 Å². The zero-order valence-corrected chi connectivity index (χ0v) is 8.80. The average Bonchev–Trinajstić information content (AvgIpc) is 2.36. The molecule has 2 aliphatic rings. The van der Waals surface area contributed by atoms with Crippen LogP contribution in [0, 0.1) is 16.7 Å². The molecule has 2 heteroatoms. The first-order chi connectivity index (χ1) is 5.87. The second kappa shape index (κ2) is 2.29. The van der Waals surface area contributed by atoms with E-state index in [0.717, 1.165) is 12.8 Å². The summed E-state index contributed by atoms with van der Waals surface area (Å²) in [6.07, 6.45) is 3.06. The summed E-state index contributed by atoms with van der Waals surface area (Å²) in [6, 6.07) is 0. The minimum atomic E-state index is -0.820. The van der Waals surface area contributed by atoms with E-state index in [9.17, 15) is 10.2 Å². The van der Waals surface area contributed by atoms with Crippen molar-refractivity contribution in [3.05, 3.63) is 0 Å². The fraction of sp³-hybridized carbons (Fsp3) is 1.00. The molecule has 2 bridgehead atoms. The molecule has 0 aliphatic heterocycles. The lowest BCUT2D eigenvalue weighted by atomic mass is 9.65. The smallest absolute Gasteiger partial charge is 0.0938 e. The van der Waals surface area contributed by atoms with Crippen LogP contribution in [0.4, 0.5) is 0 Å². The van der Waals surface area contributed by atoms with Crippen LogP contribution in [0.1, 0.15) is 40.0 Å². The van der Waals surface area contributed by atoms with Crippen LogP contribution in [-0.4, -0.2) is 22.4 Å². The van der Waals surface area contributed by atoms with Gasteiger partial charge >= 0.3 is 0 Å². The average molecular weight is 184 g/mol. The Balaban J connectivity index is 2.44. The molecular weight excluding hydrogens is 164 g/mol. The van der Waals surface area contributed by atoms with Crippen LogP contribution in [-0.2, 0) is 0 Å². The predicted octanol–water partition coefficient (Wildman–Crippen LogP) is 1.56. The number of fused-ring (bicyclic) bond motifs is 2. The number of aliphatic hydroxyl groups excluding tert-OH is 1. The Bertz CT molecular complexity index is 236. The molecule has 2 aliphatic carbocycles. The van der Waals surface area contributed by atoms with Crippen molar-refractivity contribution in [1.82, 2.24) is 0 Å². The molecule has 2 N–H and O–H groups in total. The summed E-state index contributed by atoms with van der Waals surface area (Å²) >= 11 is 0. The van der Waals surface area contributed by atoms with Crippen molar-refractivity contribution in [3.63, 3.8) is 0 Å². The molecule has 76 valence electrons. The number of aliphatic hydroxyl groups is 2. The maximum absolute atomic E-state index is 10.3. The van der Waals surface area contributed by atoms with E-state index in [-0.39, 0.29) is 17.4 Å². The van der Waals surface area contributed by atoms with Crippen LogP contribution < -0.4 is 0 Å². The summed E-state index contributed by atoms with van der Waals surface area (Å²) < 4.78 is 0. The molecule has 2 rings (SSSR count). The number of hydrogen-bond acceptors (Lipinski definition) is 2. The fourth-order valence-corrected chi connectivity index (χ4v) is 3.66. The summed E-state index contributed by atoms with van der Waals surface area (Å²) in [5.74, 6) is 0.592. The first kappa shape index (κ1) is 9.47. The highest BCUT2D eigenvalue weighted by Crippen LogP contribution is 2.69. The maximum Gasteiger partial charge on any atom is 0.0938 e. The molecule has 0 radical (unpaired) electrons. The van der Waals surface area contributed by atoms with Gasteiger partial charge in [0.05, 0.1) is 12.2 Å². The molecule has 0 aromatic heterocycles. The van der Waals surface area contributed by atoms with E-state index >= 15 is 0 Å². The Labute approximate surface area is 80.0 Å². The highest BCUT2D eigenvalue weighted by atomic mass is 16.3. The monoisotopic (exact) mass is 184 g/mol. The van der Waals surface area contributed by atoms with Crippen molar-refractivity contribution in [2.24, 2.45) is 16.7 Å². The summed E-state index contributed by atoms with van der Waals surface area (Å²) in [5, 5.41) is 19.6. The van der Waals surface area contributed by atoms with Crippen LogP contribution in [0.15, 0.2) is 0 Å². The van der Waals surface area contributed by atoms with E-state index in [1.165, 1.54) is 6.42 Å². The molecule has 0 heterocycles. The largest absolute Gasteiger partial charge is 0.393 e. The Hall–Kier alpha value is -0.0800. The highest BCUT2D eigenvalue weighted by Gasteiger charge is 2.68. The predicted molar refractivity (Wildman–Crippen MR) is 51.3 cm³/mol. The first-order valence-electron chi connectivity index (χ1n) is 5.21. The van der Waals surface area contributed by atoms with Gasteiger partial charge in [0.15, 0.2) is 0 Å². The molecule has 2 saturated carbocycles. The van der Waals surface area contributed by atoms with E-state index in [4.69, 9.17) is 0 Å². The fourth-order valence-electron chi connectivity index (χ4n) is 3.66. The van der Waals surface area contributed by atoms with Gasteiger partial charge in [-0.2, -0.15) is 0 Å². The Morgan fingerprint density at radius 2 is 1.92 bits per heavy atom. The minimum absolute atomic E-state index is 0.0799. The van der Waals surface area contributed by atoms with Gasteiger partial charge in [-0.25, -0.2) is 0 Å². The molecule has 2 nitrogen and oxygen atoms in total. The van der Waals surface area contributed by atoms with Crippen molar-refractivity contribution in [3.8, 4) is 0 Å². The van der Waals surface area contributed by atoms with Crippen LogP contribution >= 0.6 is 0 Å². The van der Waals surface area contributed by atoms with Crippen molar-refractivity contribution in [1.29, 1.82) is 0 Å². The minimum Gasteiger partial charge on any atom is -0.393 e. The lowest BCUT2D eigenvalue weighted by molar-refractivity contribution is -0.119. The molecular formula is C11H20O2. The molecule has 0 amide bonds. The van der Waals surface area contributed by atoms with E-state index < -0.39 is 5.60 Å². The Kier molecular flexibility index (Phi) is 1.67. The third-order valence-electron chi connectivity index (χ3n) is 5.31. The van der Waals surface area contributed by atoms with Gasteiger partial charge in [0, 0.05) is 5.41 Å². The van der Waals surface area contributed by atoms with E-state index in [0.29, 0.717) is 5.92 Å². The standard InChI is InChI=1S/C11H20O2/c1-9(2)8-4-5-10(9,3)11(13,6-8)7-12/h8,12-13H,4-7H2,1-3H3/t8-,10-,11+/m1/s1. The molecule has 0 unspecified atom stereocenters. The van der Waals surface area contributed by atoms with Crippen LogP contribution in [0.2, 0.25) is 0 Å². The third-order valence-corrected chi connectivity index (χ3v) is 5.31. The topological polar surface area (TPSA) is 40.5 Å². The Morgan fingerprint density at radius 3 is 2.15 bits per heavy atom. The lowest BCUT2D eigenvalue weighted by Crippen LogP contribution is -2.49. The van der Waals surface area contributed by atoms with Gasteiger partial charge in [0.25, 0.3) is 0 Å². The van der Waals surface area contributed by atoms with Gasteiger partial charge in [0.2, 0.25) is 0 Å². The summed E-state index contributed by atoms with van der Waals surface area (Å²) in [7, 11) is 0. The SMILES string of the molecule is CC1(C)[C@@H]2CC[C@@]1(C)[C@@](O)(CO)C2. The van der Waals surface area contributed by atoms with Gasteiger partial charge in [-0.1, -0.05) is 20.8 Å². The third kappa shape index (κ3) is 0.816. The summed E-state index contributed by atoms with van der Waals surface area (Å²) in [4.78, 5) is 0. The lowest BCUT2D eigenvalue weighted by Gasteiger charge is -2.44. The van der Waals surface area contributed by atoms with E-state index in [2.05, 4.69) is 20.8 Å². The second-order valence-electron chi connectivity index (χ2n) is 5.68. The zero-order chi connectivity index (χ0) is 9.91. The quantitative estimate of drug-likeness (QED) is 0.649. The normalized spacial score (nSPS) is 52.8. The van der Waals surface area contributed by atoms with Crippen molar-refractivity contribution in [2.75, 3.05) is 6.61 Å². The molecule has 13 heavy (non-hydrogen) atoms. The van der Waals surface area contributed by atoms with Gasteiger partial charge < -0.3 is 10.2 Å². The molecule has 3 atom stereocenters. The molecule has 0 aromatic rings. The maximum atomic E-state index is 10.3. The molecule has 2 fully saturated rings. The number of hydrogen-bond donors (Lipinski definition) is 2. The molecule has 0 aromatic carbocycles. The Morgan fingerprint density at radius 1 is 1.31 bits per heavy atom. The van der Waals surface area contributed by atoms with Crippen molar-refractivity contribution in [2.45, 2.75) is 45.6 Å². The second-order valence-corrected chi connectivity index (χ2v) is 5.68. The van der Waals surface area contributed by atoms with Crippen molar-refractivity contribution < 1.29 is 10.2 Å². The zero-order valence-electron chi connectivity index (χ0n) is 8.80. The molecule has 0 spiro atoms. The van der Waals surface area contributed by atoms with Gasteiger partial charge in [-0.05, 0) is 30.6 Å². The molecule has 0 saturated heterocycles. The van der Waals surface area contributed by atoms with Crippen LogP contribution in [0.25, 0.3) is 0 Å². The summed E-state index contributed by atoms with van der Waals surface area (Å²) in [6.45, 7) is 6.52. The van der Waals surface area contributed by atoms with E-state index in [1.54, 1.807) is 0 Å². The van der Waals surface area contributed by atoms with Gasteiger partial charge in [-0.3, -0.25) is 0 Å².